The first kappa shape index (κ1) is 19.0. The van der Waals surface area contributed by atoms with E-state index in [-0.39, 0.29) is 11.3 Å². The zero-order chi connectivity index (χ0) is 18.6. The Hall–Kier alpha value is -2.30. The smallest absolute Gasteiger partial charge is 0.312 e. The first-order valence-electron chi connectivity index (χ1n) is 7.19. The molecule has 0 radical (unpaired) electrons. The van der Waals surface area contributed by atoms with Gasteiger partial charge in [-0.25, -0.2) is 18.5 Å². The molecule has 134 valence electrons. The van der Waals surface area contributed by atoms with E-state index in [4.69, 9.17) is 9.88 Å². The van der Waals surface area contributed by atoms with Gasteiger partial charge in [-0.05, 0) is 38.1 Å². The average Bonchev–Trinajstić information content (AvgIpc) is 2.91. The van der Waals surface area contributed by atoms with Crippen LogP contribution in [0.3, 0.4) is 0 Å². The molecule has 0 spiro atoms. The Kier molecular flexibility index (Phi) is 5.88. The van der Waals surface area contributed by atoms with Crippen molar-refractivity contribution in [3.05, 3.63) is 40.3 Å². The second-order valence-electron chi connectivity index (χ2n) is 5.23. The minimum Gasteiger partial charge on any atom is -0.452 e. The van der Waals surface area contributed by atoms with Crippen LogP contribution in [0.5, 0.6) is 0 Å². The number of hydrogen-bond donors (Lipinski definition) is 2. The first-order valence-corrected chi connectivity index (χ1v) is 9.62. The zero-order valence-electron chi connectivity index (χ0n) is 13.6. The SMILES string of the molecule is Cc1nc(CC(=O)OC(C)C(=O)Nc2ccc(S(N)(=O)=O)cc2)cs1. The van der Waals surface area contributed by atoms with Crippen LogP contribution >= 0.6 is 11.3 Å². The van der Waals surface area contributed by atoms with Crippen molar-refractivity contribution < 1.29 is 22.7 Å². The number of aryl methyl sites for hydroxylation is 1. The molecule has 0 fully saturated rings. The number of benzene rings is 1. The summed E-state index contributed by atoms with van der Waals surface area (Å²) in [4.78, 5) is 28.0. The van der Waals surface area contributed by atoms with E-state index in [1.165, 1.54) is 42.5 Å². The summed E-state index contributed by atoms with van der Waals surface area (Å²) < 4.78 is 27.4. The van der Waals surface area contributed by atoms with Crippen LogP contribution in [-0.4, -0.2) is 31.4 Å². The molecule has 1 heterocycles. The van der Waals surface area contributed by atoms with Crippen molar-refractivity contribution in [2.24, 2.45) is 5.14 Å². The lowest BCUT2D eigenvalue weighted by Gasteiger charge is -2.13. The summed E-state index contributed by atoms with van der Waals surface area (Å²) in [5.41, 5.74) is 0.953. The van der Waals surface area contributed by atoms with Gasteiger partial charge in [0.2, 0.25) is 10.0 Å². The topological polar surface area (TPSA) is 128 Å². The molecule has 1 unspecified atom stereocenters. The molecule has 0 aliphatic carbocycles. The van der Waals surface area contributed by atoms with Crippen LogP contribution in [-0.2, 0) is 30.8 Å². The quantitative estimate of drug-likeness (QED) is 0.722. The fourth-order valence-electron chi connectivity index (χ4n) is 1.90. The largest absolute Gasteiger partial charge is 0.452 e. The van der Waals surface area contributed by atoms with E-state index < -0.39 is 28.0 Å². The Morgan fingerprint density at radius 2 is 1.96 bits per heavy atom. The van der Waals surface area contributed by atoms with Crippen molar-refractivity contribution in [1.82, 2.24) is 4.98 Å². The number of anilines is 1. The number of esters is 1. The lowest BCUT2D eigenvalue weighted by atomic mass is 10.3. The number of nitrogens with one attached hydrogen (secondary N) is 1. The predicted molar refractivity (Wildman–Crippen MR) is 92.6 cm³/mol. The molecule has 2 rings (SSSR count). The molecule has 10 heteroatoms. The van der Waals surface area contributed by atoms with Gasteiger partial charge in [0.1, 0.15) is 0 Å². The van der Waals surface area contributed by atoms with Gasteiger partial charge in [-0.1, -0.05) is 0 Å². The number of sulfonamides is 1. The van der Waals surface area contributed by atoms with Gasteiger partial charge in [-0.3, -0.25) is 9.59 Å². The number of carbonyl (C=O) groups is 2. The van der Waals surface area contributed by atoms with E-state index in [2.05, 4.69) is 10.3 Å². The maximum Gasteiger partial charge on any atom is 0.312 e. The van der Waals surface area contributed by atoms with Crippen LogP contribution in [0.2, 0.25) is 0 Å². The number of hydrogen-bond acceptors (Lipinski definition) is 7. The number of ether oxygens (including phenoxy) is 1. The molecule has 1 aromatic heterocycles. The Labute approximate surface area is 149 Å². The van der Waals surface area contributed by atoms with Gasteiger partial charge in [0.25, 0.3) is 5.91 Å². The van der Waals surface area contributed by atoms with E-state index in [1.807, 2.05) is 6.92 Å². The molecule has 0 aliphatic heterocycles. The fourth-order valence-corrected chi connectivity index (χ4v) is 3.03. The molecular weight excluding hydrogens is 366 g/mol. The van der Waals surface area contributed by atoms with Crippen LogP contribution < -0.4 is 10.5 Å². The summed E-state index contributed by atoms with van der Waals surface area (Å²) in [5, 5.41) is 10.1. The molecule has 0 bridgehead atoms. The monoisotopic (exact) mass is 383 g/mol. The summed E-state index contributed by atoms with van der Waals surface area (Å²) in [5.74, 6) is -1.09. The Morgan fingerprint density at radius 1 is 1.32 bits per heavy atom. The van der Waals surface area contributed by atoms with Crippen LogP contribution in [0.25, 0.3) is 0 Å². The molecule has 25 heavy (non-hydrogen) atoms. The molecule has 0 saturated heterocycles. The molecular formula is C15H17N3O5S2. The van der Waals surface area contributed by atoms with Crippen molar-refractivity contribution in [2.75, 3.05) is 5.32 Å². The Balaban J connectivity index is 1.90. The standard InChI is InChI=1S/C15H17N3O5S2/c1-9(23-14(19)7-12-8-24-10(2)17-12)15(20)18-11-3-5-13(6-4-11)25(16,21)22/h3-6,8-9H,7H2,1-2H3,(H,18,20)(H2,16,21,22). The highest BCUT2D eigenvalue weighted by molar-refractivity contribution is 7.89. The van der Waals surface area contributed by atoms with Gasteiger partial charge in [-0.15, -0.1) is 11.3 Å². The summed E-state index contributed by atoms with van der Waals surface area (Å²) in [6, 6.07) is 5.33. The number of amides is 1. The third-order valence-electron chi connectivity index (χ3n) is 3.12. The number of nitrogens with two attached hydrogens (primary N) is 1. The molecule has 1 atom stereocenters. The van der Waals surface area contributed by atoms with E-state index in [0.717, 1.165) is 5.01 Å². The van der Waals surface area contributed by atoms with Crippen molar-refractivity contribution in [2.45, 2.75) is 31.3 Å². The van der Waals surface area contributed by atoms with Gasteiger partial charge >= 0.3 is 5.97 Å². The van der Waals surface area contributed by atoms with E-state index in [1.54, 1.807) is 5.38 Å². The van der Waals surface area contributed by atoms with Crippen molar-refractivity contribution in [1.29, 1.82) is 0 Å². The highest BCUT2D eigenvalue weighted by Crippen LogP contribution is 2.14. The lowest BCUT2D eigenvalue weighted by molar-refractivity contribution is -0.152. The summed E-state index contributed by atoms with van der Waals surface area (Å²) in [6.07, 6.45) is -1.02. The van der Waals surface area contributed by atoms with Crippen molar-refractivity contribution >= 4 is 38.9 Å². The summed E-state index contributed by atoms with van der Waals surface area (Å²) in [7, 11) is -3.80. The van der Waals surface area contributed by atoms with Crippen LogP contribution in [0.1, 0.15) is 17.6 Å². The van der Waals surface area contributed by atoms with E-state index >= 15 is 0 Å². The maximum absolute atomic E-state index is 12.0. The summed E-state index contributed by atoms with van der Waals surface area (Å²) >= 11 is 1.43. The lowest BCUT2D eigenvalue weighted by Crippen LogP contribution is -2.30. The van der Waals surface area contributed by atoms with Crippen LogP contribution in [0, 0.1) is 6.92 Å². The van der Waals surface area contributed by atoms with Crippen molar-refractivity contribution in [3.63, 3.8) is 0 Å². The maximum atomic E-state index is 12.0. The molecule has 8 nitrogen and oxygen atoms in total. The second kappa shape index (κ2) is 7.72. The Bertz CT molecular complexity index is 875. The third kappa shape index (κ3) is 5.62. The molecule has 0 saturated carbocycles. The van der Waals surface area contributed by atoms with Crippen LogP contribution in [0.4, 0.5) is 5.69 Å². The molecule has 0 aliphatic rings. The zero-order valence-corrected chi connectivity index (χ0v) is 15.2. The number of nitrogens with zero attached hydrogens (tertiary/aromatic N) is 1. The van der Waals surface area contributed by atoms with Gasteiger partial charge in [0.15, 0.2) is 6.10 Å². The first-order chi connectivity index (χ1) is 11.6. The van der Waals surface area contributed by atoms with E-state index in [9.17, 15) is 18.0 Å². The third-order valence-corrected chi connectivity index (χ3v) is 4.87. The number of rotatable bonds is 6. The van der Waals surface area contributed by atoms with Gasteiger partial charge < -0.3 is 10.1 Å². The number of aromatic nitrogens is 1. The average molecular weight is 383 g/mol. The molecule has 1 aromatic carbocycles. The minimum absolute atomic E-state index is 0.00891. The summed E-state index contributed by atoms with van der Waals surface area (Å²) in [6.45, 7) is 3.27. The number of carbonyl (C=O) groups excluding carboxylic acids is 2. The molecule has 3 N–H and O–H groups in total. The highest BCUT2D eigenvalue weighted by atomic mass is 32.2. The van der Waals surface area contributed by atoms with Gasteiger partial charge in [0.05, 0.1) is 22.0 Å². The van der Waals surface area contributed by atoms with Crippen LogP contribution in [0.15, 0.2) is 34.5 Å². The van der Waals surface area contributed by atoms with Gasteiger partial charge in [-0.2, -0.15) is 0 Å². The molecule has 2 aromatic rings. The number of thiazole rings is 1. The highest BCUT2D eigenvalue weighted by Gasteiger charge is 2.19. The predicted octanol–water partition coefficient (Wildman–Crippen LogP) is 1.21. The Morgan fingerprint density at radius 3 is 2.48 bits per heavy atom. The van der Waals surface area contributed by atoms with E-state index in [0.29, 0.717) is 11.4 Å². The second-order valence-corrected chi connectivity index (χ2v) is 7.85. The van der Waals surface area contributed by atoms with Gasteiger partial charge in [0, 0.05) is 11.1 Å². The minimum atomic E-state index is -3.80. The normalized spacial score (nSPS) is 12.4. The molecule has 1 amide bonds. The van der Waals surface area contributed by atoms with Crippen molar-refractivity contribution in [3.8, 4) is 0 Å². The number of primary sulfonamides is 1. The fraction of sp³-hybridized carbons (Fsp3) is 0.267.